The first-order valence-corrected chi connectivity index (χ1v) is 27.4. The first-order chi connectivity index (χ1) is 38.3. The summed E-state index contributed by atoms with van der Waals surface area (Å²) in [6.45, 7) is 18.3. The van der Waals surface area contributed by atoms with E-state index in [1.165, 1.54) is 83.1 Å². The normalized spacial score (nSPS) is 12.9. The van der Waals surface area contributed by atoms with E-state index in [1.807, 2.05) is 6.92 Å². The fraction of sp³-hybridized carbons (Fsp3) is 0.382. The summed E-state index contributed by atoms with van der Waals surface area (Å²) in [5.41, 5.74) is -6.09. The molecule has 0 aliphatic carbocycles. The molecule has 440 valence electrons. The van der Waals surface area contributed by atoms with Gasteiger partial charge in [0.2, 0.25) is 0 Å². The van der Waals surface area contributed by atoms with Gasteiger partial charge in [-0.25, -0.2) is 0 Å². The summed E-state index contributed by atoms with van der Waals surface area (Å²) in [6, 6.07) is 39.4. The predicted octanol–water partition coefficient (Wildman–Crippen LogP) is 10.1. The van der Waals surface area contributed by atoms with Crippen LogP contribution in [0.4, 0.5) is 0 Å². The minimum absolute atomic E-state index is 0.123. The highest BCUT2D eigenvalue weighted by Gasteiger charge is 2.36. The van der Waals surface area contributed by atoms with E-state index >= 15 is 0 Å². The van der Waals surface area contributed by atoms with Crippen molar-refractivity contribution in [2.45, 2.75) is 142 Å². The van der Waals surface area contributed by atoms with E-state index in [1.54, 1.807) is 146 Å². The molecule has 6 aromatic rings. The second-order valence-corrected chi connectivity index (χ2v) is 24.9. The Hall–Kier alpha value is -7.02. The molecule has 0 saturated heterocycles. The van der Waals surface area contributed by atoms with Crippen molar-refractivity contribution < 1.29 is 73.6 Å². The molecule has 0 aromatic heterocycles. The van der Waals surface area contributed by atoms with Crippen molar-refractivity contribution in [2.24, 2.45) is 5.41 Å². The van der Waals surface area contributed by atoms with Crippen LogP contribution in [-0.4, -0.2) is 119 Å². The van der Waals surface area contributed by atoms with E-state index in [0.717, 1.165) is 0 Å². The maximum atomic E-state index is 13.2. The number of ketones is 6. The maximum absolute atomic E-state index is 13.2. The third kappa shape index (κ3) is 16.6. The molecule has 0 bridgehead atoms. The van der Waals surface area contributed by atoms with Gasteiger partial charge in [0.25, 0.3) is 0 Å². The Bertz CT molecular complexity index is 2700. The van der Waals surface area contributed by atoms with Gasteiger partial charge < -0.3 is 44.8 Å². The van der Waals surface area contributed by atoms with Crippen LogP contribution in [0.25, 0.3) is 0 Å². The molecule has 0 aliphatic rings. The van der Waals surface area contributed by atoms with Crippen molar-refractivity contribution in [3.8, 4) is 0 Å². The summed E-state index contributed by atoms with van der Waals surface area (Å²) in [5, 5.41) is 63.5. The average Bonchev–Trinajstić information content (AvgIpc) is 3.48. The monoisotopic (exact) mass is 1130 g/mol. The molecule has 0 amide bonds. The molecule has 6 rings (SSSR count). The zero-order valence-corrected chi connectivity index (χ0v) is 49.6. The number of hydrogen-bond acceptors (Lipinski definition) is 15. The quantitative estimate of drug-likeness (QED) is 0.0263. The van der Waals surface area contributed by atoms with Crippen molar-refractivity contribution in [1.29, 1.82) is 0 Å². The smallest absolute Gasteiger partial charge is 0.193 e. The van der Waals surface area contributed by atoms with Gasteiger partial charge in [-0.3, -0.25) is 28.8 Å². The van der Waals surface area contributed by atoms with Crippen LogP contribution in [0.15, 0.2) is 146 Å². The van der Waals surface area contributed by atoms with Gasteiger partial charge in [0.05, 0.1) is 19.8 Å². The average molecular weight is 1140 g/mol. The second kappa shape index (κ2) is 25.1. The largest absolute Gasteiger partial charge is 0.382 e. The maximum Gasteiger partial charge on any atom is 0.193 e. The molecule has 0 saturated carbocycles. The Balaban J connectivity index is 1.49. The summed E-state index contributed by atoms with van der Waals surface area (Å²) in [6.07, 6.45) is -2.66. The van der Waals surface area contributed by atoms with E-state index in [9.17, 15) is 59.4 Å². The van der Waals surface area contributed by atoms with Gasteiger partial charge in [0, 0.05) is 38.8 Å². The molecule has 0 fully saturated rings. The van der Waals surface area contributed by atoms with Crippen molar-refractivity contribution in [2.75, 3.05) is 19.8 Å². The van der Waals surface area contributed by atoms with Gasteiger partial charge >= 0.3 is 0 Å². The number of hydrogen-bond donors (Lipinski definition) is 6. The second-order valence-electron chi connectivity index (χ2n) is 24.9. The highest BCUT2D eigenvalue weighted by atomic mass is 16.5. The lowest BCUT2D eigenvalue weighted by Crippen LogP contribution is -2.36. The molecule has 0 spiro atoms. The molecule has 15 heteroatoms. The molecule has 15 nitrogen and oxygen atoms in total. The first-order valence-electron chi connectivity index (χ1n) is 27.4. The third-order valence-corrected chi connectivity index (χ3v) is 14.0. The number of benzene rings is 6. The van der Waals surface area contributed by atoms with Gasteiger partial charge in [-0.1, -0.05) is 153 Å². The van der Waals surface area contributed by atoms with Crippen LogP contribution in [0.2, 0.25) is 0 Å². The topological polar surface area (TPSA) is 251 Å². The van der Waals surface area contributed by atoms with E-state index in [4.69, 9.17) is 14.2 Å². The minimum atomic E-state index is -1.66. The molecule has 0 radical (unpaired) electrons. The lowest BCUT2D eigenvalue weighted by atomic mass is 9.90. The van der Waals surface area contributed by atoms with Crippen molar-refractivity contribution >= 4 is 34.7 Å². The lowest BCUT2D eigenvalue weighted by molar-refractivity contribution is -0.0931. The van der Waals surface area contributed by atoms with Crippen LogP contribution in [0.3, 0.4) is 0 Å². The number of rotatable bonds is 27. The Morgan fingerprint density at radius 1 is 0.265 bits per heavy atom. The molecular weight excluding hydrogens is 1060 g/mol. The number of carbonyl (C=O) groups is 6. The number of aliphatic hydroxyl groups is 6. The zero-order valence-electron chi connectivity index (χ0n) is 49.6. The number of Topliss-reactive ketones (excluding diaryl/α,β-unsaturated/α-hetero) is 6. The van der Waals surface area contributed by atoms with E-state index < -0.39 is 92.0 Å². The van der Waals surface area contributed by atoms with Crippen LogP contribution >= 0.6 is 0 Å². The molecule has 6 aromatic carbocycles. The van der Waals surface area contributed by atoms with Crippen LogP contribution in [-0.2, 0) is 14.2 Å². The summed E-state index contributed by atoms with van der Waals surface area (Å²) >= 11 is 0. The van der Waals surface area contributed by atoms with Crippen LogP contribution < -0.4 is 0 Å². The van der Waals surface area contributed by atoms with Gasteiger partial charge in [-0.2, -0.15) is 0 Å². The molecule has 83 heavy (non-hydrogen) atoms. The Morgan fingerprint density at radius 3 is 0.494 bits per heavy atom. The Morgan fingerprint density at radius 2 is 0.386 bits per heavy atom. The van der Waals surface area contributed by atoms with Gasteiger partial charge in [0.15, 0.2) is 34.7 Å². The van der Waals surface area contributed by atoms with Gasteiger partial charge in [-0.05, 0) is 116 Å². The van der Waals surface area contributed by atoms with E-state index in [2.05, 4.69) is 0 Å². The minimum Gasteiger partial charge on any atom is -0.382 e. The van der Waals surface area contributed by atoms with Crippen LogP contribution in [0.5, 0.6) is 0 Å². The highest BCUT2D eigenvalue weighted by Crippen LogP contribution is 2.37. The summed E-state index contributed by atoms with van der Waals surface area (Å²) in [4.78, 5) is 79.2. The summed E-state index contributed by atoms with van der Waals surface area (Å²) in [5.74, 6) is -3.02. The summed E-state index contributed by atoms with van der Waals surface area (Å²) in [7, 11) is 0. The van der Waals surface area contributed by atoms with Crippen LogP contribution in [0, 0.1) is 5.41 Å². The molecule has 0 unspecified atom stereocenters. The third-order valence-electron chi connectivity index (χ3n) is 14.0. The van der Waals surface area contributed by atoms with Gasteiger partial charge in [0.1, 0.15) is 51.9 Å². The Kier molecular flexibility index (Phi) is 19.7. The van der Waals surface area contributed by atoms with Crippen molar-refractivity contribution in [3.05, 3.63) is 212 Å². The van der Waals surface area contributed by atoms with Crippen LogP contribution in [0.1, 0.15) is 204 Å². The molecule has 6 N–H and O–H groups in total. The van der Waals surface area contributed by atoms with Crippen molar-refractivity contribution in [1.82, 2.24) is 0 Å². The molecule has 0 heterocycles. The predicted molar refractivity (Wildman–Crippen MR) is 314 cm³/mol. The number of ether oxygens (including phenoxy) is 3. The zero-order chi connectivity index (χ0) is 61.8. The fourth-order valence-electron chi connectivity index (χ4n) is 9.11. The van der Waals surface area contributed by atoms with Crippen molar-refractivity contribution in [3.63, 3.8) is 0 Å². The summed E-state index contributed by atoms with van der Waals surface area (Å²) < 4.78 is 21.1. The molecule has 0 aliphatic heterocycles. The van der Waals surface area contributed by atoms with Gasteiger partial charge in [-0.15, -0.1) is 0 Å². The molecule has 0 atom stereocenters. The lowest BCUT2D eigenvalue weighted by Gasteiger charge is -2.35. The highest BCUT2D eigenvalue weighted by molar-refractivity contribution is 6.04. The first kappa shape index (κ1) is 65.1. The SMILES string of the molecule is CC(COC(c1ccc(C(=O)C(C)(C)O)cc1)c1ccc(C(=O)C(C)(C)O)cc1)(COC(c1ccc(C(=O)C(C)(C)O)cc1)c1ccc(C(=O)C(C)(C)O)cc1)COC(c1ccc(C(=O)C(C)(C)O)cc1)c1ccc(C(=O)C(C)(C)O)cc1. The van der Waals surface area contributed by atoms with E-state index in [-0.39, 0.29) is 53.2 Å². The standard InChI is InChI=1S/C68H78O15/c1-62(2,75)56(69)47-26-14-41(15-27-47)53(42-16-28-48(29-17-42)57(70)63(3,4)76)81-38-68(13,39-82-54(43-18-30-49(31-19-43)58(71)64(5,6)77)44-20-32-50(33-21-44)59(72)65(7,8)78)40-83-55(45-22-34-51(35-23-45)60(73)66(9,10)79)46-24-36-52(37-25-46)61(74)67(11,12)80/h14-37,53-55,75-80H,38-40H2,1-13H3. The Labute approximate surface area is 485 Å². The fourth-order valence-corrected chi connectivity index (χ4v) is 9.11. The number of carbonyl (C=O) groups excluding carboxylic acids is 6. The molecular formula is C68H78O15. The van der Waals surface area contributed by atoms with E-state index in [0.29, 0.717) is 33.4 Å².